The molecule has 1 saturated heterocycles. The SMILES string of the molecule is C=C1NC=Cc2cc(NC(=O)[C@H]3CCCO3)c(C)cc21. The van der Waals surface area contributed by atoms with Gasteiger partial charge in [0.1, 0.15) is 6.10 Å². The first-order valence-corrected chi connectivity index (χ1v) is 6.84. The van der Waals surface area contributed by atoms with E-state index in [-0.39, 0.29) is 12.0 Å². The van der Waals surface area contributed by atoms with E-state index < -0.39 is 0 Å². The van der Waals surface area contributed by atoms with E-state index in [2.05, 4.69) is 17.2 Å². The van der Waals surface area contributed by atoms with E-state index >= 15 is 0 Å². The minimum atomic E-state index is -0.308. The van der Waals surface area contributed by atoms with Crippen LogP contribution >= 0.6 is 0 Å². The van der Waals surface area contributed by atoms with Crippen molar-refractivity contribution in [3.05, 3.63) is 41.6 Å². The third-order valence-electron chi connectivity index (χ3n) is 3.72. The van der Waals surface area contributed by atoms with Crippen molar-refractivity contribution >= 4 is 23.4 Å². The lowest BCUT2D eigenvalue weighted by Crippen LogP contribution is -2.27. The van der Waals surface area contributed by atoms with Crippen LogP contribution in [0.25, 0.3) is 11.8 Å². The van der Waals surface area contributed by atoms with Crippen molar-refractivity contribution in [3.8, 4) is 0 Å². The molecular formula is C16H18N2O2. The number of rotatable bonds is 2. The molecule has 2 heterocycles. The van der Waals surface area contributed by atoms with Crippen molar-refractivity contribution in [2.75, 3.05) is 11.9 Å². The molecule has 3 rings (SSSR count). The lowest BCUT2D eigenvalue weighted by Gasteiger charge is -2.19. The highest BCUT2D eigenvalue weighted by Crippen LogP contribution is 2.28. The largest absolute Gasteiger partial charge is 0.368 e. The zero-order valence-electron chi connectivity index (χ0n) is 11.5. The van der Waals surface area contributed by atoms with E-state index in [4.69, 9.17) is 4.74 Å². The molecule has 2 aliphatic heterocycles. The Balaban J connectivity index is 1.85. The molecular weight excluding hydrogens is 252 g/mol. The van der Waals surface area contributed by atoms with Gasteiger partial charge in [0.15, 0.2) is 0 Å². The summed E-state index contributed by atoms with van der Waals surface area (Å²) in [5.41, 5.74) is 4.86. The second-order valence-electron chi connectivity index (χ2n) is 5.20. The normalized spacial score (nSPS) is 20.4. The fourth-order valence-electron chi connectivity index (χ4n) is 2.57. The molecule has 0 aromatic heterocycles. The molecule has 0 spiro atoms. The Labute approximate surface area is 118 Å². The van der Waals surface area contributed by atoms with Crippen molar-refractivity contribution in [2.45, 2.75) is 25.9 Å². The number of amides is 1. The highest BCUT2D eigenvalue weighted by Gasteiger charge is 2.24. The highest BCUT2D eigenvalue weighted by atomic mass is 16.5. The van der Waals surface area contributed by atoms with E-state index in [0.717, 1.165) is 40.9 Å². The third kappa shape index (κ3) is 2.34. The summed E-state index contributed by atoms with van der Waals surface area (Å²) in [6.45, 7) is 6.64. The van der Waals surface area contributed by atoms with Crippen LogP contribution in [0.5, 0.6) is 0 Å². The lowest BCUT2D eigenvalue weighted by molar-refractivity contribution is -0.124. The van der Waals surface area contributed by atoms with E-state index in [1.807, 2.05) is 31.3 Å². The van der Waals surface area contributed by atoms with E-state index in [1.165, 1.54) is 0 Å². The zero-order chi connectivity index (χ0) is 14.1. The molecule has 1 atom stereocenters. The van der Waals surface area contributed by atoms with Crippen LogP contribution in [0.3, 0.4) is 0 Å². The predicted molar refractivity (Wildman–Crippen MR) is 80.0 cm³/mol. The average Bonchev–Trinajstić information content (AvgIpc) is 2.95. The maximum absolute atomic E-state index is 12.1. The summed E-state index contributed by atoms with van der Waals surface area (Å²) < 4.78 is 5.41. The number of benzene rings is 1. The fraction of sp³-hybridized carbons (Fsp3) is 0.312. The summed E-state index contributed by atoms with van der Waals surface area (Å²) in [7, 11) is 0. The standard InChI is InChI=1S/C16H18N2O2/c1-10-8-13-11(2)17-6-5-12(13)9-14(10)18-16(19)15-4-3-7-20-15/h5-6,8-9,15,17H,2-4,7H2,1H3,(H,18,19)/t15-/m1/s1. The number of anilines is 1. The molecule has 0 unspecified atom stereocenters. The molecule has 0 saturated carbocycles. The number of fused-ring (bicyclic) bond motifs is 1. The van der Waals surface area contributed by atoms with Gasteiger partial charge in [-0.25, -0.2) is 0 Å². The molecule has 0 bridgehead atoms. The number of carbonyl (C=O) groups is 1. The van der Waals surface area contributed by atoms with Crippen LogP contribution in [-0.4, -0.2) is 18.6 Å². The number of ether oxygens (including phenoxy) is 1. The van der Waals surface area contributed by atoms with Gasteiger partial charge in [0.05, 0.1) is 0 Å². The molecule has 1 amide bonds. The van der Waals surface area contributed by atoms with Crippen LogP contribution in [0.4, 0.5) is 5.69 Å². The average molecular weight is 270 g/mol. The minimum absolute atomic E-state index is 0.0534. The first-order valence-electron chi connectivity index (χ1n) is 6.84. The second kappa shape index (κ2) is 5.13. The van der Waals surface area contributed by atoms with Gasteiger partial charge < -0.3 is 15.4 Å². The van der Waals surface area contributed by atoms with E-state index in [1.54, 1.807) is 0 Å². The summed E-state index contributed by atoms with van der Waals surface area (Å²) in [6, 6.07) is 4.03. The molecule has 2 N–H and O–H groups in total. The fourth-order valence-corrected chi connectivity index (χ4v) is 2.57. The van der Waals surface area contributed by atoms with Crippen molar-refractivity contribution in [1.82, 2.24) is 5.32 Å². The second-order valence-corrected chi connectivity index (χ2v) is 5.20. The van der Waals surface area contributed by atoms with Gasteiger partial charge in [-0.2, -0.15) is 0 Å². The van der Waals surface area contributed by atoms with Crippen molar-refractivity contribution in [3.63, 3.8) is 0 Å². The quantitative estimate of drug-likeness (QED) is 0.868. The Morgan fingerprint density at radius 2 is 2.35 bits per heavy atom. The lowest BCUT2D eigenvalue weighted by atomic mass is 9.98. The number of hydrogen-bond donors (Lipinski definition) is 2. The van der Waals surface area contributed by atoms with Gasteiger partial charge in [-0.15, -0.1) is 0 Å². The number of hydrogen-bond acceptors (Lipinski definition) is 3. The first-order chi connectivity index (χ1) is 9.65. The van der Waals surface area contributed by atoms with Gasteiger partial charge >= 0.3 is 0 Å². The van der Waals surface area contributed by atoms with Crippen LogP contribution in [0, 0.1) is 6.92 Å². The molecule has 2 aliphatic rings. The Bertz CT molecular complexity index is 599. The summed E-state index contributed by atoms with van der Waals surface area (Å²) in [6.07, 6.45) is 5.28. The van der Waals surface area contributed by atoms with Gasteiger partial charge in [-0.05, 0) is 49.1 Å². The van der Waals surface area contributed by atoms with Crippen molar-refractivity contribution < 1.29 is 9.53 Å². The van der Waals surface area contributed by atoms with Crippen molar-refractivity contribution in [2.24, 2.45) is 0 Å². The third-order valence-corrected chi connectivity index (χ3v) is 3.72. The zero-order valence-corrected chi connectivity index (χ0v) is 11.5. The predicted octanol–water partition coefficient (Wildman–Crippen LogP) is 2.66. The van der Waals surface area contributed by atoms with Gasteiger partial charge in [-0.3, -0.25) is 4.79 Å². The van der Waals surface area contributed by atoms with Crippen molar-refractivity contribution in [1.29, 1.82) is 0 Å². The van der Waals surface area contributed by atoms with Crippen LogP contribution < -0.4 is 10.6 Å². The Morgan fingerprint density at radius 1 is 1.50 bits per heavy atom. The summed E-state index contributed by atoms with van der Waals surface area (Å²) in [5, 5.41) is 6.06. The molecule has 20 heavy (non-hydrogen) atoms. The Hall–Kier alpha value is -2.07. The summed E-state index contributed by atoms with van der Waals surface area (Å²) >= 11 is 0. The molecule has 104 valence electrons. The van der Waals surface area contributed by atoms with Crippen LogP contribution in [0.1, 0.15) is 29.5 Å². The minimum Gasteiger partial charge on any atom is -0.368 e. The molecule has 0 radical (unpaired) electrons. The monoisotopic (exact) mass is 270 g/mol. The maximum Gasteiger partial charge on any atom is 0.253 e. The molecule has 0 aliphatic carbocycles. The molecule has 1 aromatic carbocycles. The topological polar surface area (TPSA) is 50.4 Å². The van der Waals surface area contributed by atoms with Gasteiger partial charge in [0.2, 0.25) is 0 Å². The maximum atomic E-state index is 12.1. The van der Waals surface area contributed by atoms with Crippen LogP contribution in [0.15, 0.2) is 24.9 Å². The molecule has 1 fully saturated rings. The van der Waals surface area contributed by atoms with Gasteiger partial charge in [0.25, 0.3) is 5.91 Å². The number of carbonyl (C=O) groups excluding carboxylic acids is 1. The van der Waals surface area contributed by atoms with E-state index in [9.17, 15) is 4.79 Å². The summed E-state index contributed by atoms with van der Waals surface area (Å²) in [4.78, 5) is 12.1. The van der Waals surface area contributed by atoms with Crippen LogP contribution in [-0.2, 0) is 9.53 Å². The van der Waals surface area contributed by atoms with Crippen LogP contribution in [0.2, 0.25) is 0 Å². The van der Waals surface area contributed by atoms with Gasteiger partial charge in [0, 0.05) is 29.8 Å². The highest BCUT2D eigenvalue weighted by molar-refractivity contribution is 5.96. The molecule has 4 nitrogen and oxygen atoms in total. The smallest absolute Gasteiger partial charge is 0.253 e. The van der Waals surface area contributed by atoms with E-state index in [0.29, 0.717) is 6.61 Å². The summed E-state index contributed by atoms with van der Waals surface area (Å²) in [5.74, 6) is -0.0534. The Kier molecular flexibility index (Phi) is 3.32. The molecule has 4 heteroatoms. The van der Waals surface area contributed by atoms with Gasteiger partial charge in [-0.1, -0.05) is 6.58 Å². The first kappa shape index (κ1) is 12.9. The number of aryl methyl sites for hydroxylation is 1. The Morgan fingerprint density at radius 3 is 3.10 bits per heavy atom. The molecule has 1 aromatic rings. The number of nitrogens with one attached hydrogen (secondary N) is 2.